The average molecular weight is 309 g/mol. The third-order valence-corrected chi connectivity index (χ3v) is 6.62. The van der Waals surface area contributed by atoms with Gasteiger partial charge in [0.2, 0.25) is 0 Å². The molecule has 0 spiro atoms. The van der Waals surface area contributed by atoms with Crippen molar-refractivity contribution in [2.24, 2.45) is 5.92 Å². The van der Waals surface area contributed by atoms with Crippen molar-refractivity contribution in [3.05, 3.63) is 23.3 Å². The van der Waals surface area contributed by atoms with Gasteiger partial charge in [-0.05, 0) is 49.3 Å². The molecule has 1 fully saturated rings. The number of hydrogen-bond donors (Lipinski definition) is 1. The quantitative estimate of drug-likeness (QED) is 0.849. The summed E-state index contributed by atoms with van der Waals surface area (Å²) < 4.78 is 28.9. The zero-order chi connectivity index (χ0) is 15.2. The van der Waals surface area contributed by atoms with Crippen LogP contribution in [0.2, 0.25) is 0 Å². The molecule has 0 radical (unpaired) electrons. The van der Waals surface area contributed by atoms with Crippen molar-refractivity contribution in [2.45, 2.75) is 33.1 Å². The van der Waals surface area contributed by atoms with E-state index in [0.717, 1.165) is 36.1 Å². The summed E-state index contributed by atoms with van der Waals surface area (Å²) in [5, 5.41) is 0. The highest BCUT2D eigenvalue weighted by Crippen LogP contribution is 2.35. The van der Waals surface area contributed by atoms with E-state index in [-0.39, 0.29) is 0 Å². The second-order valence-electron chi connectivity index (χ2n) is 6.25. The number of fused-ring (bicyclic) bond motifs is 1. The van der Waals surface area contributed by atoms with E-state index >= 15 is 0 Å². The van der Waals surface area contributed by atoms with Crippen molar-refractivity contribution in [3.63, 3.8) is 0 Å². The lowest BCUT2D eigenvalue weighted by molar-refractivity contribution is 0.287. The fourth-order valence-electron chi connectivity index (χ4n) is 3.14. The maximum atomic E-state index is 12.9. The molecule has 1 aromatic carbocycles. The van der Waals surface area contributed by atoms with Gasteiger partial charge in [0.1, 0.15) is 0 Å². The van der Waals surface area contributed by atoms with Gasteiger partial charge in [0.15, 0.2) is 0 Å². The second kappa shape index (κ2) is 5.18. The van der Waals surface area contributed by atoms with Crippen LogP contribution in [0.3, 0.4) is 0 Å². The molecule has 0 saturated carbocycles. The number of nitrogen functional groups attached to an aromatic ring is 1. The van der Waals surface area contributed by atoms with Gasteiger partial charge in [-0.15, -0.1) is 0 Å². The molecule has 0 bridgehead atoms. The Labute approximate surface area is 126 Å². The molecule has 116 valence electrons. The van der Waals surface area contributed by atoms with Crippen LogP contribution in [0.15, 0.2) is 12.1 Å². The monoisotopic (exact) mass is 309 g/mol. The first kappa shape index (κ1) is 14.7. The van der Waals surface area contributed by atoms with E-state index in [2.05, 4.69) is 6.92 Å². The molecule has 0 aromatic heterocycles. The number of anilines is 2. The van der Waals surface area contributed by atoms with E-state index in [9.17, 15) is 8.42 Å². The molecule has 2 aliphatic heterocycles. The Bertz CT molecular complexity index is 649. The fraction of sp³-hybridized carbons (Fsp3) is 0.600. The third kappa shape index (κ3) is 2.51. The van der Waals surface area contributed by atoms with Gasteiger partial charge in [0, 0.05) is 25.3 Å². The molecule has 1 saturated heterocycles. The number of hydrogen-bond acceptors (Lipinski definition) is 3. The maximum Gasteiger partial charge on any atom is 0.304 e. The molecule has 1 aromatic rings. The van der Waals surface area contributed by atoms with Crippen LogP contribution in [0.25, 0.3) is 0 Å². The first-order chi connectivity index (χ1) is 9.89. The van der Waals surface area contributed by atoms with Crippen molar-refractivity contribution >= 4 is 21.6 Å². The van der Waals surface area contributed by atoms with Crippen molar-refractivity contribution in [1.82, 2.24) is 4.31 Å². The first-order valence-electron chi connectivity index (χ1n) is 7.56. The smallest absolute Gasteiger partial charge is 0.304 e. The topological polar surface area (TPSA) is 66.6 Å². The maximum absolute atomic E-state index is 12.9. The molecule has 2 heterocycles. The molecule has 0 unspecified atom stereocenters. The molecule has 0 atom stereocenters. The van der Waals surface area contributed by atoms with Crippen LogP contribution in [0.1, 0.15) is 30.9 Å². The molecule has 2 aliphatic rings. The Kier molecular flexibility index (Phi) is 3.61. The molecule has 21 heavy (non-hydrogen) atoms. The summed E-state index contributed by atoms with van der Waals surface area (Å²) >= 11 is 0. The van der Waals surface area contributed by atoms with Gasteiger partial charge in [-0.3, -0.25) is 4.31 Å². The molecule has 6 heteroatoms. The van der Waals surface area contributed by atoms with Gasteiger partial charge >= 0.3 is 10.2 Å². The fourth-order valence-corrected chi connectivity index (χ4v) is 4.83. The predicted molar refractivity (Wildman–Crippen MR) is 85.5 cm³/mol. The van der Waals surface area contributed by atoms with Gasteiger partial charge in [-0.2, -0.15) is 12.7 Å². The van der Waals surface area contributed by atoms with E-state index in [1.807, 2.05) is 19.1 Å². The number of piperidine rings is 1. The lowest BCUT2D eigenvalue weighted by atomic mass is 10.0. The summed E-state index contributed by atoms with van der Waals surface area (Å²) in [6.07, 6.45) is 2.64. The highest BCUT2D eigenvalue weighted by atomic mass is 32.2. The number of rotatable bonds is 2. The normalized spacial score (nSPS) is 20.8. The number of nitrogens with zero attached hydrogens (tertiary/aromatic N) is 2. The minimum absolute atomic E-state index is 0.520. The van der Waals surface area contributed by atoms with Crippen LogP contribution in [0.5, 0.6) is 0 Å². The number of aryl methyl sites for hydroxylation is 1. The third-order valence-electron chi connectivity index (χ3n) is 4.67. The molecule has 2 N–H and O–H groups in total. The van der Waals surface area contributed by atoms with Crippen LogP contribution < -0.4 is 10.0 Å². The van der Waals surface area contributed by atoms with Crippen molar-refractivity contribution < 1.29 is 8.42 Å². The van der Waals surface area contributed by atoms with E-state index in [1.54, 1.807) is 4.31 Å². The number of nitrogens with two attached hydrogens (primary N) is 1. The summed E-state index contributed by atoms with van der Waals surface area (Å²) in [6.45, 7) is 5.90. The van der Waals surface area contributed by atoms with E-state index in [4.69, 9.17) is 5.73 Å². The first-order valence-corrected chi connectivity index (χ1v) is 8.96. The Balaban J connectivity index is 1.91. The lowest BCUT2D eigenvalue weighted by Gasteiger charge is -2.33. The minimum Gasteiger partial charge on any atom is -0.398 e. The van der Waals surface area contributed by atoms with Gasteiger partial charge < -0.3 is 5.73 Å². The van der Waals surface area contributed by atoms with Crippen LogP contribution in [0.4, 0.5) is 11.4 Å². The molecule has 0 amide bonds. The Morgan fingerprint density at radius 2 is 1.86 bits per heavy atom. The lowest BCUT2D eigenvalue weighted by Crippen LogP contribution is -2.46. The summed E-state index contributed by atoms with van der Waals surface area (Å²) in [5.41, 5.74) is 9.47. The van der Waals surface area contributed by atoms with E-state index in [0.29, 0.717) is 31.2 Å². The van der Waals surface area contributed by atoms with Gasteiger partial charge in [0.05, 0.1) is 5.69 Å². The standard InChI is InChI=1S/C15H23N3O2S/c1-11-3-6-17(7-4-11)21(19,20)18-8-5-13-9-12(2)14(16)10-15(13)18/h9-11H,3-8,16H2,1-2H3. The van der Waals surface area contributed by atoms with E-state index in [1.165, 1.54) is 4.31 Å². The average Bonchev–Trinajstić information content (AvgIpc) is 2.83. The summed E-state index contributed by atoms with van der Waals surface area (Å²) in [7, 11) is -3.42. The van der Waals surface area contributed by atoms with Crippen LogP contribution >= 0.6 is 0 Å². The highest BCUT2D eigenvalue weighted by Gasteiger charge is 2.36. The SMILES string of the molecule is Cc1cc2c(cc1N)N(S(=O)(=O)N1CCC(C)CC1)CC2. The molecular formula is C15H23N3O2S. The Morgan fingerprint density at radius 1 is 1.19 bits per heavy atom. The second-order valence-corrected chi connectivity index (χ2v) is 8.10. The largest absolute Gasteiger partial charge is 0.398 e. The predicted octanol–water partition coefficient (Wildman–Crippen LogP) is 1.92. The Morgan fingerprint density at radius 3 is 2.52 bits per heavy atom. The van der Waals surface area contributed by atoms with Crippen LogP contribution in [-0.2, 0) is 16.6 Å². The van der Waals surface area contributed by atoms with Crippen molar-refractivity contribution in [2.75, 3.05) is 29.7 Å². The van der Waals surface area contributed by atoms with Gasteiger partial charge in [0.25, 0.3) is 0 Å². The van der Waals surface area contributed by atoms with Crippen LogP contribution in [0, 0.1) is 12.8 Å². The zero-order valence-corrected chi connectivity index (χ0v) is 13.5. The molecule has 5 nitrogen and oxygen atoms in total. The van der Waals surface area contributed by atoms with Gasteiger partial charge in [-0.25, -0.2) is 0 Å². The molecule has 0 aliphatic carbocycles. The highest BCUT2D eigenvalue weighted by molar-refractivity contribution is 7.90. The Hall–Kier alpha value is -1.27. The van der Waals surface area contributed by atoms with E-state index < -0.39 is 10.2 Å². The van der Waals surface area contributed by atoms with Crippen LogP contribution in [-0.4, -0.2) is 32.4 Å². The molecule has 3 rings (SSSR count). The summed E-state index contributed by atoms with van der Waals surface area (Å²) in [5.74, 6) is 0.612. The summed E-state index contributed by atoms with van der Waals surface area (Å²) in [4.78, 5) is 0. The zero-order valence-electron chi connectivity index (χ0n) is 12.7. The minimum atomic E-state index is -3.42. The molecular weight excluding hydrogens is 286 g/mol. The van der Waals surface area contributed by atoms with Crippen molar-refractivity contribution in [1.29, 1.82) is 0 Å². The number of benzene rings is 1. The summed E-state index contributed by atoms with van der Waals surface area (Å²) in [6, 6.07) is 3.82. The van der Waals surface area contributed by atoms with Crippen molar-refractivity contribution in [3.8, 4) is 0 Å². The van der Waals surface area contributed by atoms with Gasteiger partial charge in [-0.1, -0.05) is 13.0 Å².